The Morgan fingerprint density at radius 2 is 1.97 bits per heavy atom. The molecule has 3 aliphatic carbocycles. The van der Waals surface area contributed by atoms with Crippen LogP contribution in [0.4, 0.5) is 5.13 Å². The fraction of sp³-hybridized carbons (Fsp3) is 0.615. The molecule has 2 aromatic rings. The maximum Gasteiger partial charge on any atom is 0.220 e. The summed E-state index contributed by atoms with van der Waals surface area (Å²) in [5.74, 6) is 0.165. The first kappa shape index (κ1) is 22.8. The third-order valence-electron chi connectivity index (χ3n) is 8.51. The van der Waals surface area contributed by atoms with Crippen molar-refractivity contribution in [3.05, 3.63) is 46.5 Å². The number of nitrogens with one attached hydrogen (secondary N) is 2. The Kier molecular flexibility index (Phi) is 6.00. The number of aliphatic hydroxyl groups excluding tert-OH is 2. The van der Waals surface area contributed by atoms with Crippen molar-refractivity contribution in [1.29, 1.82) is 0 Å². The number of amides is 1. The molecule has 1 aromatic heterocycles. The molecule has 5 rings (SSSR count). The second kappa shape index (κ2) is 8.67. The van der Waals surface area contributed by atoms with Crippen LogP contribution in [-0.4, -0.2) is 39.9 Å². The molecule has 0 radical (unpaired) electrons. The molecule has 3 aliphatic rings. The third kappa shape index (κ3) is 4.19. The number of thiazole rings is 1. The molecule has 0 saturated heterocycles. The zero-order chi connectivity index (χ0) is 23.2. The van der Waals surface area contributed by atoms with Crippen LogP contribution in [-0.2, 0) is 17.8 Å². The van der Waals surface area contributed by atoms with Gasteiger partial charge in [0.1, 0.15) is 0 Å². The van der Waals surface area contributed by atoms with Crippen LogP contribution in [0.25, 0.3) is 0 Å². The van der Waals surface area contributed by atoms with E-state index in [2.05, 4.69) is 29.7 Å². The van der Waals surface area contributed by atoms with E-state index in [4.69, 9.17) is 4.98 Å². The van der Waals surface area contributed by atoms with Crippen molar-refractivity contribution in [2.75, 3.05) is 11.9 Å². The van der Waals surface area contributed by atoms with Crippen molar-refractivity contribution in [3.8, 4) is 0 Å². The summed E-state index contributed by atoms with van der Waals surface area (Å²) in [4.78, 5) is 19.2. The molecule has 7 heteroatoms. The van der Waals surface area contributed by atoms with Crippen molar-refractivity contribution >= 4 is 22.4 Å². The highest BCUT2D eigenvalue weighted by molar-refractivity contribution is 7.15. The molecule has 1 heterocycles. The lowest BCUT2D eigenvalue weighted by atomic mass is 9.47. The van der Waals surface area contributed by atoms with Crippen LogP contribution in [0.1, 0.15) is 68.0 Å². The van der Waals surface area contributed by atoms with Crippen molar-refractivity contribution in [2.45, 2.75) is 77.0 Å². The van der Waals surface area contributed by atoms with E-state index in [0.717, 1.165) is 36.5 Å². The molecule has 1 aromatic carbocycles. The van der Waals surface area contributed by atoms with Crippen molar-refractivity contribution in [1.82, 2.24) is 10.3 Å². The van der Waals surface area contributed by atoms with E-state index >= 15 is 0 Å². The van der Waals surface area contributed by atoms with Gasteiger partial charge in [0.15, 0.2) is 5.13 Å². The van der Waals surface area contributed by atoms with E-state index in [1.165, 1.54) is 10.4 Å². The van der Waals surface area contributed by atoms with Crippen LogP contribution in [0, 0.1) is 16.7 Å². The number of carbonyl (C=O) groups is 1. The number of carbonyl (C=O) groups excluding carboxylic acids is 1. The molecule has 4 N–H and O–H groups in total. The average Bonchev–Trinajstić information content (AvgIpc) is 3.53. The number of anilines is 1. The highest BCUT2D eigenvalue weighted by Gasteiger charge is 2.59. The molecular formula is C26H35N3O3S. The molecule has 5 unspecified atom stereocenters. The quantitative estimate of drug-likeness (QED) is 0.494. The Balaban J connectivity index is 1.47. The van der Waals surface area contributed by atoms with Crippen LogP contribution in [0.5, 0.6) is 0 Å². The summed E-state index contributed by atoms with van der Waals surface area (Å²) in [5.41, 5.74) is 1.45. The van der Waals surface area contributed by atoms with Gasteiger partial charge < -0.3 is 20.8 Å². The molecule has 0 spiro atoms. The Morgan fingerprint density at radius 3 is 2.67 bits per heavy atom. The van der Waals surface area contributed by atoms with Crippen LogP contribution in [0.15, 0.2) is 30.3 Å². The second-order valence-corrected chi connectivity index (χ2v) is 11.8. The zero-order valence-electron chi connectivity index (χ0n) is 19.5. The third-order valence-corrected chi connectivity index (χ3v) is 9.56. The lowest BCUT2D eigenvalue weighted by Gasteiger charge is -2.58. The Morgan fingerprint density at radius 1 is 1.21 bits per heavy atom. The normalized spacial score (nSPS) is 33.2. The van der Waals surface area contributed by atoms with Crippen molar-refractivity contribution in [2.24, 2.45) is 16.7 Å². The Hall–Kier alpha value is -1.96. The molecule has 1 amide bonds. The van der Waals surface area contributed by atoms with Gasteiger partial charge in [-0.3, -0.25) is 4.79 Å². The summed E-state index contributed by atoms with van der Waals surface area (Å²) in [6.07, 6.45) is 4.28. The van der Waals surface area contributed by atoms with Gasteiger partial charge in [-0.1, -0.05) is 44.2 Å². The molecular weight excluding hydrogens is 434 g/mol. The minimum Gasteiger partial charge on any atom is -0.396 e. The number of nitrogens with zero attached hydrogens (tertiary/aromatic N) is 1. The van der Waals surface area contributed by atoms with E-state index in [9.17, 15) is 15.0 Å². The first-order valence-electron chi connectivity index (χ1n) is 12.2. The van der Waals surface area contributed by atoms with Crippen molar-refractivity contribution in [3.63, 3.8) is 0 Å². The van der Waals surface area contributed by atoms with E-state index in [-0.39, 0.29) is 29.8 Å². The van der Waals surface area contributed by atoms with Gasteiger partial charge in [-0.15, -0.1) is 11.3 Å². The van der Waals surface area contributed by atoms with Gasteiger partial charge in [0.2, 0.25) is 5.91 Å². The monoisotopic (exact) mass is 469 g/mol. The number of hydrogen-bond donors (Lipinski definition) is 4. The van der Waals surface area contributed by atoms with Gasteiger partial charge in [0, 0.05) is 35.2 Å². The lowest BCUT2D eigenvalue weighted by Crippen LogP contribution is -2.57. The van der Waals surface area contributed by atoms with E-state index < -0.39 is 11.5 Å². The van der Waals surface area contributed by atoms with Crippen LogP contribution < -0.4 is 10.6 Å². The lowest BCUT2D eigenvalue weighted by molar-refractivity contribution is -0.144. The van der Waals surface area contributed by atoms with Gasteiger partial charge in [-0.05, 0) is 49.0 Å². The molecule has 0 aliphatic heterocycles. The van der Waals surface area contributed by atoms with Crippen LogP contribution in [0.3, 0.4) is 0 Å². The van der Waals surface area contributed by atoms with E-state index in [1.54, 1.807) is 11.3 Å². The smallest absolute Gasteiger partial charge is 0.220 e. The highest BCUT2D eigenvalue weighted by atomic mass is 32.1. The molecule has 178 valence electrons. The molecule has 2 fully saturated rings. The maximum absolute atomic E-state index is 13.0. The number of hydrogen-bond acceptors (Lipinski definition) is 6. The Bertz CT molecular complexity index is 1010. The number of benzene rings is 1. The topological polar surface area (TPSA) is 94.5 Å². The standard InChI is InChI=1S/C26H35N3O3S/c1-25-11-10-21(31)26(2,15-30)20(25)13-19-23(18(25)12-22(32)28-17-8-9-17)29-24(33-19)27-14-16-6-4-3-5-7-16/h3-7,17-18,20-21,30-31H,8-15H2,1-2H3,(H,27,29)(H,28,32). The molecule has 33 heavy (non-hydrogen) atoms. The summed E-state index contributed by atoms with van der Waals surface area (Å²) >= 11 is 1.66. The van der Waals surface area contributed by atoms with Gasteiger partial charge in [0.25, 0.3) is 0 Å². The van der Waals surface area contributed by atoms with Gasteiger partial charge in [-0.2, -0.15) is 0 Å². The van der Waals surface area contributed by atoms with Crippen LogP contribution in [0.2, 0.25) is 0 Å². The predicted molar refractivity (Wildman–Crippen MR) is 130 cm³/mol. The maximum atomic E-state index is 13.0. The summed E-state index contributed by atoms with van der Waals surface area (Å²) in [5, 5.41) is 28.8. The van der Waals surface area contributed by atoms with E-state index in [0.29, 0.717) is 25.4 Å². The largest absolute Gasteiger partial charge is 0.396 e. The van der Waals surface area contributed by atoms with E-state index in [1.807, 2.05) is 25.1 Å². The summed E-state index contributed by atoms with van der Waals surface area (Å²) in [6, 6.07) is 10.6. The molecule has 0 bridgehead atoms. The fourth-order valence-corrected chi connectivity index (χ4v) is 7.26. The summed E-state index contributed by atoms with van der Waals surface area (Å²) < 4.78 is 0. The minimum atomic E-state index is -0.586. The number of aliphatic hydroxyl groups is 2. The SMILES string of the molecule is CC1(CO)C(O)CCC2(C)C(CC(=O)NC3CC3)c3nc(NCc4ccccc4)sc3CC12. The number of fused-ring (bicyclic) bond motifs is 2. The van der Waals surface area contributed by atoms with Crippen LogP contribution >= 0.6 is 11.3 Å². The van der Waals surface area contributed by atoms with Crippen molar-refractivity contribution < 1.29 is 15.0 Å². The number of aromatic nitrogens is 1. The predicted octanol–water partition coefficient (Wildman–Crippen LogP) is 3.84. The molecule has 6 nitrogen and oxygen atoms in total. The van der Waals surface area contributed by atoms with Gasteiger partial charge in [0.05, 0.1) is 18.4 Å². The minimum absolute atomic E-state index is 0.0214. The molecule has 5 atom stereocenters. The highest BCUT2D eigenvalue weighted by Crippen LogP contribution is 2.62. The summed E-state index contributed by atoms with van der Waals surface area (Å²) in [6.45, 7) is 4.92. The van der Waals surface area contributed by atoms with Gasteiger partial charge >= 0.3 is 0 Å². The summed E-state index contributed by atoms with van der Waals surface area (Å²) in [7, 11) is 0. The first-order chi connectivity index (χ1) is 15.8. The zero-order valence-corrected chi connectivity index (χ0v) is 20.3. The fourth-order valence-electron chi connectivity index (χ4n) is 6.19. The van der Waals surface area contributed by atoms with Gasteiger partial charge in [-0.25, -0.2) is 4.98 Å². The number of rotatable bonds is 7. The second-order valence-electron chi connectivity index (χ2n) is 10.7. The average molecular weight is 470 g/mol. The first-order valence-corrected chi connectivity index (χ1v) is 13.0. The Labute approximate surface area is 199 Å². The molecule has 2 saturated carbocycles.